The number of ether oxygens (including phenoxy) is 1. The number of Topliss-reactive ketones (excluding diaryl/α,β-unsaturated/α-hetero) is 1. The highest BCUT2D eigenvalue weighted by molar-refractivity contribution is 6.01. The van der Waals surface area contributed by atoms with Crippen LogP contribution in [0.5, 0.6) is 5.75 Å². The molecule has 1 aromatic carbocycles. The number of hydrogen-bond acceptors (Lipinski definition) is 2. The zero-order valence-electron chi connectivity index (χ0n) is 10.1. The predicted octanol–water partition coefficient (Wildman–Crippen LogP) is 3.41. The van der Waals surface area contributed by atoms with Crippen LogP contribution >= 0.6 is 0 Å². The fraction of sp³-hybridized carbons (Fsp3) is 0.500. The van der Waals surface area contributed by atoms with Crippen molar-refractivity contribution in [2.24, 2.45) is 5.92 Å². The van der Waals surface area contributed by atoms with Crippen LogP contribution < -0.4 is 4.74 Å². The van der Waals surface area contributed by atoms with Crippen LogP contribution in [0, 0.1) is 5.92 Å². The van der Waals surface area contributed by atoms with Crippen LogP contribution in [0.1, 0.15) is 48.5 Å². The minimum atomic E-state index is 0.247. The Bertz CT molecular complexity index is 403. The lowest BCUT2D eigenvalue weighted by atomic mass is 9.97. The van der Waals surface area contributed by atoms with Gasteiger partial charge in [0.15, 0.2) is 5.78 Å². The second-order valence-corrected chi connectivity index (χ2v) is 4.75. The molecule has 2 rings (SSSR count). The molecule has 1 fully saturated rings. The summed E-state index contributed by atoms with van der Waals surface area (Å²) in [4.78, 5) is 12.1. The molecule has 0 bridgehead atoms. The van der Waals surface area contributed by atoms with E-state index in [9.17, 15) is 4.79 Å². The topological polar surface area (TPSA) is 26.3 Å². The molecule has 0 N–H and O–H groups in total. The van der Waals surface area contributed by atoms with E-state index in [0.717, 1.165) is 18.4 Å². The lowest BCUT2D eigenvalue weighted by molar-refractivity contribution is 0.0964. The van der Waals surface area contributed by atoms with Gasteiger partial charge in [-0.2, -0.15) is 0 Å². The summed E-state index contributed by atoms with van der Waals surface area (Å²) in [7, 11) is 1.62. The summed E-state index contributed by atoms with van der Waals surface area (Å²) >= 11 is 0. The zero-order valence-corrected chi connectivity index (χ0v) is 10.1. The van der Waals surface area contributed by atoms with Gasteiger partial charge >= 0.3 is 0 Å². The Morgan fingerprint density at radius 1 is 1.38 bits per heavy atom. The quantitative estimate of drug-likeness (QED) is 0.724. The molecule has 1 aromatic rings. The molecule has 0 aromatic heterocycles. The first-order chi connectivity index (χ1) is 7.63. The van der Waals surface area contributed by atoms with E-state index in [2.05, 4.69) is 13.8 Å². The second-order valence-electron chi connectivity index (χ2n) is 4.75. The largest absolute Gasteiger partial charge is 0.496 e. The fourth-order valence-corrected chi connectivity index (χ4v) is 1.84. The Labute approximate surface area is 96.6 Å². The molecular weight excluding hydrogens is 200 g/mol. The molecule has 1 aliphatic rings. The van der Waals surface area contributed by atoms with Crippen molar-refractivity contribution in [3.05, 3.63) is 29.3 Å². The fourth-order valence-electron chi connectivity index (χ4n) is 1.84. The summed E-state index contributed by atoms with van der Waals surface area (Å²) in [5.41, 5.74) is 1.96. The Balaban J connectivity index is 2.38. The zero-order chi connectivity index (χ0) is 11.7. The molecule has 0 atom stereocenters. The van der Waals surface area contributed by atoms with Gasteiger partial charge < -0.3 is 4.74 Å². The summed E-state index contributed by atoms with van der Waals surface area (Å²) in [6.07, 6.45) is 2.07. The lowest BCUT2D eigenvalue weighted by Crippen LogP contribution is -2.05. The van der Waals surface area contributed by atoms with Crippen LogP contribution in [0.2, 0.25) is 0 Å². The number of carbonyl (C=O) groups is 1. The summed E-state index contributed by atoms with van der Waals surface area (Å²) < 4.78 is 5.26. The smallest absolute Gasteiger partial charge is 0.169 e. The van der Waals surface area contributed by atoms with Crippen molar-refractivity contribution in [1.29, 1.82) is 0 Å². The molecule has 0 spiro atoms. The molecule has 1 aliphatic carbocycles. The minimum Gasteiger partial charge on any atom is -0.496 e. The molecule has 0 saturated heterocycles. The first-order valence-corrected chi connectivity index (χ1v) is 5.85. The number of methoxy groups -OCH3 is 1. The Hall–Kier alpha value is -1.31. The molecule has 0 heterocycles. The molecule has 0 unspecified atom stereocenters. The standard InChI is InChI=1S/C14H18O2/c1-9(2)11-6-7-13(16-3)12(8-11)14(15)10-4-5-10/h6-10H,4-5H2,1-3H3. The van der Waals surface area contributed by atoms with Crippen molar-refractivity contribution in [3.63, 3.8) is 0 Å². The highest BCUT2D eigenvalue weighted by atomic mass is 16.5. The second kappa shape index (κ2) is 4.28. The van der Waals surface area contributed by atoms with Crippen molar-refractivity contribution >= 4 is 5.78 Å². The first kappa shape index (κ1) is 11.2. The molecule has 2 nitrogen and oxygen atoms in total. The molecule has 0 radical (unpaired) electrons. The van der Waals surface area contributed by atoms with Gasteiger partial charge in [-0.05, 0) is 36.5 Å². The SMILES string of the molecule is COc1ccc(C(C)C)cc1C(=O)C1CC1. The van der Waals surface area contributed by atoms with Crippen molar-refractivity contribution < 1.29 is 9.53 Å². The number of benzene rings is 1. The summed E-state index contributed by atoms with van der Waals surface area (Å²) in [5.74, 6) is 1.65. The average Bonchev–Trinajstić information content (AvgIpc) is 3.11. The van der Waals surface area contributed by atoms with Gasteiger partial charge in [0, 0.05) is 5.92 Å². The molecular formula is C14H18O2. The number of hydrogen-bond donors (Lipinski definition) is 0. The van der Waals surface area contributed by atoms with Gasteiger partial charge in [0.05, 0.1) is 12.7 Å². The van der Waals surface area contributed by atoms with Crippen LogP contribution in [-0.2, 0) is 0 Å². The van der Waals surface area contributed by atoms with Crippen LogP contribution in [0.3, 0.4) is 0 Å². The third kappa shape index (κ3) is 2.11. The van der Waals surface area contributed by atoms with Crippen LogP contribution in [0.4, 0.5) is 0 Å². The van der Waals surface area contributed by atoms with Gasteiger partial charge in [-0.1, -0.05) is 19.9 Å². The number of rotatable bonds is 4. The maximum absolute atomic E-state index is 12.1. The van der Waals surface area contributed by atoms with E-state index in [1.54, 1.807) is 7.11 Å². The third-order valence-electron chi connectivity index (χ3n) is 3.10. The summed E-state index contributed by atoms with van der Waals surface area (Å²) in [5, 5.41) is 0. The predicted molar refractivity (Wildman–Crippen MR) is 64.1 cm³/mol. The van der Waals surface area contributed by atoms with Crippen molar-refractivity contribution in [2.75, 3.05) is 7.11 Å². The maximum Gasteiger partial charge on any atom is 0.169 e. The minimum absolute atomic E-state index is 0.247. The van der Waals surface area contributed by atoms with Crippen molar-refractivity contribution in [1.82, 2.24) is 0 Å². The van der Waals surface area contributed by atoms with Gasteiger partial charge in [-0.3, -0.25) is 4.79 Å². The Morgan fingerprint density at radius 3 is 2.56 bits per heavy atom. The van der Waals surface area contributed by atoms with Gasteiger partial charge in [0.1, 0.15) is 5.75 Å². The van der Waals surface area contributed by atoms with Gasteiger partial charge in [0.2, 0.25) is 0 Å². The van der Waals surface area contributed by atoms with E-state index in [0.29, 0.717) is 11.7 Å². The molecule has 16 heavy (non-hydrogen) atoms. The van der Waals surface area contributed by atoms with E-state index in [4.69, 9.17) is 4.74 Å². The average molecular weight is 218 g/mol. The number of ketones is 1. The van der Waals surface area contributed by atoms with Gasteiger partial charge in [0.25, 0.3) is 0 Å². The van der Waals surface area contributed by atoms with E-state index in [-0.39, 0.29) is 11.7 Å². The van der Waals surface area contributed by atoms with Crippen LogP contribution in [0.15, 0.2) is 18.2 Å². The molecule has 2 heteroatoms. The highest BCUT2D eigenvalue weighted by Gasteiger charge is 2.32. The lowest BCUT2D eigenvalue weighted by Gasteiger charge is -2.11. The van der Waals surface area contributed by atoms with Crippen LogP contribution in [-0.4, -0.2) is 12.9 Å². The molecule has 0 aliphatic heterocycles. The Kier molecular flexibility index (Phi) is 2.99. The maximum atomic E-state index is 12.1. The molecule has 1 saturated carbocycles. The monoisotopic (exact) mass is 218 g/mol. The number of carbonyl (C=O) groups excluding carboxylic acids is 1. The molecule has 0 amide bonds. The third-order valence-corrected chi connectivity index (χ3v) is 3.10. The summed E-state index contributed by atoms with van der Waals surface area (Å²) in [6.45, 7) is 4.26. The highest BCUT2D eigenvalue weighted by Crippen LogP contribution is 2.36. The van der Waals surface area contributed by atoms with Gasteiger partial charge in [-0.25, -0.2) is 0 Å². The van der Waals surface area contributed by atoms with E-state index >= 15 is 0 Å². The Morgan fingerprint density at radius 2 is 2.06 bits per heavy atom. The van der Waals surface area contributed by atoms with E-state index < -0.39 is 0 Å². The van der Waals surface area contributed by atoms with Crippen LogP contribution in [0.25, 0.3) is 0 Å². The first-order valence-electron chi connectivity index (χ1n) is 5.85. The van der Waals surface area contributed by atoms with E-state index in [1.165, 1.54) is 5.56 Å². The van der Waals surface area contributed by atoms with E-state index in [1.807, 2.05) is 18.2 Å². The normalized spacial score (nSPS) is 15.2. The molecule has 86 valence electrons. The summed E-state index contributed by atoms with van der Waals surface area (Å²) in [6, 6.07) is 5.93. The van der Waals surface area contributed by atoms with Crippen molar-refractivity contribution in [2.45, 2.75) is 32.6 Å². The van der Waals surface area contributed by atoms with Gasteiger partial charge in [-0.15, -0.1) is 0 Å². The van der Waals surface area contributed by atoms with Crippen molar-refractivity contribution in [3.8, 4) is 5.75 Å².